The number of aryl methyl sites for hydroxylation is 1. The first kappa shape index (κ1) is 17.8. The molecule has 1 saturated heterocycles. The molecule has 1 atom stereocenters. The second kappa shape index (κ2) is 8.40. The fourth-order valence-electron chi connectivity index (χ4n) is 3.14. The molecule has 0 aliphatic carbocycles. The summed E-state index contributed by atoms with van der Waals surface area (Å²) >= 11 is 0. The Kier molecular flexibility index (Phi) is 5.99. The monoisotopic (exact) mass is 348 g/mol. The van der Waals surface area contributed by atoms with Crippen molar-refractivity contribution in [1.29, 1.82) is 0 Å². The van der Waals surface area contributed by atoms with Gasteiger partial charge in [-0.05, 0) is 50.7 Å². The average Bonchev–Trinajstić information content (AvgIpc) is 3.22. The van der Waals surface area contributed by atoms with Crippen molar-refractivity contribution in [3.63, 3.8) is 0 Å². The van der Waals surface area contributed by atoms with Gasteiger partial charge in [0.1, 0.15) is 11.6 Å². The minimum atomic E-state index is -0.240. The van der Waals surface area contributed by atoms with E-state index < -0.39 is 0 Å². The summed E-state index contributed by atoms with van der Waals surface area (Å²) in [5, 5.41) is 3.96. The number of likely N-dealkylation sites (tertiary alicyclic amines) is 1. The van der Waals surface area contributed by atoms with Crippen LogP contribution in [0, 0.1) is 12.7 Å². The minimum absolute atomic E-state index is 0.240. The van der Waals surface area contributed by atoms with Crippen LogP contribution in [0.3, 0.4) is 0 Å². The van der Waals surface area contributed by atoms with Crippen LogP contribution < -0.4 is 4.74 Å². The third-order valence-corrected chi connectivity index (χ3v) is 4.53. The lowest BCUT2D eigenvalue weighted by molar-refractivity contribution is 0.210. The first-order valence-electron chi connectivity index (χ1n) is 8.70. The van der Waals surface area contributed by atoms with E-state index in [1.807, 2.05) is 6.92 Å². The van der Waals surface area contributed by atoms with Crippen molar-refractivity contribution in [3.8, 4) is 5.75 Å². The maximum atomic E-state index is 12.8. The molecule has 1 fully saturated rings. The molecule has 7 heteroatoms. The summed E-state index contributed by atoms with van der Waals surface area (Å²) in [5.41, 5.74) is 0. The number of rotatable bonds is 8. The summed E-state index contributed by atoms with van der Waals surface area (Å²) in [6.07, 6.45) is 2.10. The minimum Gasteiger partial charge on any atom is -0.494 e. The molecule has 0 saturated carbocycles. The molecule has 2 aromatic rings. The van der Waals surface area contributed by atoms with E-state index >= 15 is 0 Å². The van der Waals surface area contributed by atoms with E-state index in [2.05, 4.69) is 27.0 Å². The average molecular weight is 348 g/mol. The Morgan fingerprint density at radius 1 is 1.36 bits per heavy atom. The van der Waals surface area contributed by atoms with Crippen LogP contribution in [0.4, 0.5) is 4.39 Å². The highest BCUT2D eigenvalue weighted by atomic mass is 19.1. The zero-order chi connectivity index (χ0) is 17.6. The molecule has 0 amide bonds. The lowest BCUT2D eigenvalue weighted by atomic mass is 10.2. The summed E-state index contributed by atoms with van der Waals surface area (Å²) in [4.78, 5) is 9.01. The molecule has 1 aromatic carbocycles. The highest BCUT2D eigenvalue weighted by Crippen LogP contribution is 2.17. The van der Waals surface area contributed by atoms with Gasteiger partial charge < -0.3 is 14.2 Å². The van der Waals surface area contributed by atoms with Crippen molar-refractivity contribution in [2.75, 3.05) is 33.3 Å². The van der Waals surface area contributed by atoms with Crippen molar-refractivity contribution < 1.29 is 13.7 Å². The zero-order valence-electron chi connectivity index (χ0n) is 14.8. The number of likely N-dealkylation sites (N-methyl/N-ethyl adjacent to an activating group) is 1. The van der Waals surface area contributed by atoms with Gasteiger partial charge in [0.05, 0.1) is 13.2 Å². The smallest absolute Gasteiger partial charge is 0.223 e. The van der Waals surface area contributed by atoms with Crippen LogP contribution in [0.5, 0.6) is 5.75 Å². The second-order valence-electron chi connectivity index (χ2n) is 6.54. The molecule has 1 aliphatic rings. The van der Waals surface area contributed by atoms with Gasteiger partial charge in [0.2, 0.25) is 5.89 Å². The predicted octanol–water partition coefficient (Wildman–Crippen LogP) is 2.49. The second-order valence-corrected chi connectivity index (χ2v) is 6.54. The molecule has 1 aliphatic heterocycles. The Morgan fingerprint density at radius 2 is 2.16 bits per heavy atom. The molecule has 3 rings (SSSR count). The number of benzene rings is 1. The molecule has 0 N–H and O–H groups in total. The molecule has 1 aromatic heterocycles. The zero-order valence-corrected chi connectivity index (χ0v) is 14.8. The van der Waals surface area contributed by atoms with Crippen LogP contribution in [-0.2, 0) is 6.54 Å². The fraction of sp³-hybridized carbons (Fsp3) is 0.556. The molecule has 6 nitrogen and oxygen atoms in total. The quantitative estimate of drug-likeness (QED) is 0.683. The molecule has 0 bridgehead atoms. The van der Waals surface area contributed by atoms with Gasteiger partial charge in [-0.1, -0.05) is 5.16 Å². The normalized spacial score (nSPS) is 18.2. The van der Waals surface area contributed by atoms with Crippen LogP contribution in [0.25, 0.3) is 0 Å². The molecule has 2 heterocycles. The van der Waals surface area contributed by atoms with E-state index in [4.69, 9.17) is 9.26 Å². The number of nitrogens with zero attached hydrogens (tertiary/aromatic N) is 4. The Morgan fingerprint density at radius 3 is 2.88 bits per heavy atom. The maximum Gasteiger partial charge on any atom is 0.223 e. The highest BCUT2D eigenvalue weighted by molar-refractivity contribution is 5.21. The molecule has 0 radical (unpaired) electrons. The summed E-state index contributed by atoms with van der Waals surface area (Å²) in [5.74, 6) is 1.83. The SMILES string of the molecule is Cc1nc(CN(C)[C@@H]2CCN(CCCOc3ccc(F)cc3)C2)no1. The van der Waals surface area contributed by atoms with E-state index in [0.29, 0.717) is 25.1 Å². The number of halogens is 1. The number of hydrogen-bond acceptors (Lipinski definition) is 6. The van der Waals surface area contributed by atoms with Crippen molar-refractivity contribution in [1.82, 2.24) is 19.9 Å². The van der Waals surface area contributed by atoms with Gasteiger partial charge in [-0.25, -0.2) is 4.39 Å². The van der Waals surface area contributed by atoms with Gasteiger partial charge in [0.15, 0.2) is 5.82 Å². The molecule has 136 valence electrons. The Hall–Kier alpha value is -1.99. The predicted molar refractivity (Wildman–Crippen MR) is 91.9 cm³/mol. The van der Waals surface area contributed by atoms with Gasteiger partial charge in [-0.2, -0.15) is 4.98 Å². The molecule has 25 heavy (non-hydrogen) atoms. The summed E-state index contributed by atoms with van der Waals surface area (Å²) < 4.78 is 23.5. The van der Waals surface area contributed by atoms with Crippen LogP contribution in [0.1, 0.15) is 24.6 Å². The summed E-state index contributed by atoms with van der Waals surface area (Å²) in [6.45, 7) is 6.31. The van der Waals surface area contributed by atoms with Crippen LogP contribution in [0.2, 0.25) is 0 Å². The van der Waals surface area contributed by atoms with Gasteiger partial charge in [-0.3, -0.25) is 4.90 Å². The Balaban J connectivity index is 1.34. The van der Waals surface area contributed by atoms with Crippen molar-refractivity contribution in [3.05, 3.63) is 41.8 Å². The highest BCUT2D eigenvalue weighted by Gasteiger charge is 2.26. The first-order chi connectivity index (χ1) is 12.1. The van der Waals surface area contributed by atoms with Gasteiger partial charge >= 0.3 is 0 Å². The van der Waals surface area contributed by atoms with Crippen LogP contribution >= 0.6 is 0 Å². The fourth-order valence-corrected chi connectivity index (χ4v) is 3.14. The summed E-state index contributed by atoms with van der Waals surface area (Å²) in [6, 6.07) is 6.67. The molecular formula is C18H25FN4O2. The lowest BCUT2D eigenvalue weighted by Crippen LogP contribution is -2.34. The van der Waals surface area contributed by atoms with E-state index in [-0.39, 0.29) is 5.82 Å². The van der Waals surface area contributed by atoms with Crippen molar-refractivity contribution in [2.24, 2.45) is 0 Å². The molecular weight excluding hydrogens is 323 g/mol. The third-order valence-electron chi connectivity index (χ3n) is 4.53. The Bertz CT molecular complexity index is 661. The van der Waals surface area contributed by atoms with Crippen molar-refractivity contribution >= 4 is 0 Å². The summed E-state index contributed by atoms with van der Waals surface area (Å²) in [7, 11) is 2.11. The van der Waals surface area contributed by atoms with Crippen LogP contribution in [0.15, 0.2) is 28.8 Å². The number of aromatic nitrogens is 2. The van der Waals surface area contributed by atoms with Gasteiger partial charge in [-0.15, -0.1) is 0 Å². The largest absolute Gasteiger partial charge is 0.494 e. The van der Waals surface area contributed by atoms with E-state index in [1.165, 1.54) is 12.1 Å². The lowest BCUT2D eigenvalue weighted by Gasteiger charge is -2.23. The van der Waals surface area contributed by atoms with Gasteiger partial charge in [0, 0.05) is 26.1 Å². The number of hydrogen-bond donors (Lipinski definition) is 0. The number of ether oxygens (including phenoxy) is 1. The first-order valence-corrected chi connectivity index (χ1v) is 8.70. The van der Waals surface area contributed by atoms with Crippen molar-refractivity contribution in [2.45, 2.75) is 32.4 Å². The molecule has 0 spiro atoms. The third kappa shape index (κ3) is 5.24. The van der Waals surface area contributed by atoms with E-state index in [1.54, 1.807) is 12.1 Å². The van der Waals surface area contributed by atoms with E-state index in [0.717, 1.165) is 44.0 Å². The maximum absolute atomic E-state index is 12.8. The topological polar surface area (TPSA) is 54.6 Å². The Labute approximate surface area is 147 Å². The van der Waals surface area contributed by atoms with Crippen LogP contribution in [-0.4, -0.2) is 59.3 Å². The van der Waals surface area contributed by atoms with E-state index in [9.17, 15) is 4.39 Å². The standard InChI is InChI=1S/C18H25FN4O2/c1-14-20-18(21-25-14)13-22(2)16-8-10-23(12-16)9-3-11-24-17-6-4-15(19)5-7-17/h4-7,16H,3,8-13H2,1-2H3/t16-/m1/s1. The molecule has 0 unspecified atom stereocenters. The van der Waals surface area contributed by atoms with Gasteiger partial charge in [0.25, 0.3) is 0 Å².